The molecule has 0 aromatic heterocycles. The van der Waals surface area contributed by atoms with E-state index in [1.54, 1.807) is 4.90 Å². The van der Waals surface area contributed by atoms with Gasteiger partial charge in [0.15, 0.2) is 0 Å². The lowest BCUT2D eigenvalue weighted by molar-refractivity contribution is -0.146. The molecule has 1 aliphatic heterocycles. The molecule has 1 fully saturated rings. The van der Waals surface area contributed by atoms with Gasteiger partial charge in [0.25, 0.3) is 0 Å². The Balaban J connectivity index is 2.66. The second-order valence-corrected chi connectivity index (χ2v) is 4.49. The molecule has 0 spiro atoms. The monoisotopic (exact) mass is 256 g/mol. The van der Waals surface area contributed by atoms with Crippen LogP contribution in [0, 0.1) is 5.92 Å². The molecular formula is C12H20N2O4. The Kier molecular flexibility index (Phi) is 5.12. The van der Waals surface area contributed by atoms with Gasteiger partial charge in [-0.05, 0) is 13.3 Å². The average molecular weight is 256 g/mol. The fourth-order valence-electron chi connectivity index (χ4n) is 2.20. The first-order valence-corrected chi connectivity index (χ1v) is 6.27. The molecule has 0 aromatic carbocycles. The van der Waals surface area contributed by atoms with E-state index in [-0.39, 0.29) is 30.7 Å². The van der Waals surface area contributed by atoms with Crippen molar-refractivity contribution in [2.45, 2.75) is 26.7 Å². The zero-order valence-corrected chi connectivity index (χ0v) is 10.9. The van der Waals surface area contributed by atoms with Crippen LogP contribution in [-0.2, 0) is 14.4 Å². The van der Waals surface area contributed by atoms with Gasteiger partial charge in [-0.15, -0.1) is 0 Å². The van der Waals surface area contributed by atoms with Gasteiger partial charge >= 0.3 is 5.97 Å². The third-order valence-electron chi connectivity index (χ3n) is 3.08. The number of hydrogen-bond donors (Lipinski definition) is 1. The standard InChI is InChI=1S/C12H20N2O4/c1-3-5-14(8-11(16)17)12(18)9-6-10(15)13(4-2)7-9/h9H,3-8H2,1-2H3,(H,16,17). The first kappa shape index (κ1) is 14.5. The maximum Gasteiger partial charge on any atom is 0.323 e. The van der Waals surface area contributed by atoms with Crippen molar-refractivity contribution in [2.75, 3.05) is 26.2 Å². The van der Waals surface area contributed by atoms with Gasteiger partial charge in [0.1, 0.15) is 6.54 Å². The van der Waals surface area contributed by atoms with Gasteiger partial charge < -0.3 is 14.9 Å². The first-order chi connectivity index (χ1) is 8.49. The molecule has 0 aliphatic carbocycles. The molecule has 6 heteroatoms. The van der Waals surface area contributed by atoms with Crippen molar-refractivity contribution in [1.82, 2.24) is 9.80 Å². The van der Waals surface area contributed by atoms with Crippen LogP contribution in [-0.4, -0.2) is 58.9 Å². The summed E-state index contributed by atoms with van der Waals surface area (Å²) in [6.07, 6.45) is 0.906. The minimum atomic E-state index is -1.02. The Hall–Kier alpha value is -1.59. The second kappa shape index (κ2) is 6.37. The number of carbonyl (C=O) groups excluding carboxylic acids is 2. The quantitative estimate of drug-likeness (QED) is 0.735. The lowest BCUT2D eigenvalue weighted by Crippen LogP contribution is -2.41. The fraction of sp³-hybridized carbons (Fsp3) is 0.750. The number of amides is 2. The summed E-state index contributed by atoms with van der Waals surface area (Å²) >= 11 is 0. The van der Waals surface area contributed by atoms with Crippen LogP contribution in [0.4, 0.5) is 0 Å². The van der Waals surface area contributed by atoms with Crippen LogP contribution >= 0.6 is 0 Å². The highest BCUT2D eigenvalue weighted by atomic mass is 16.4. The van der Waals surface area contributed by atoms with E-state index < -0.39 is 5.97 Å². The molecule has 18 heavy (non-hydrogen) atoms. The highest BCUT2D eigenvalue weighted by Gasteiger charge is 2.35. The molecule has 0 bridgehead atoms. The Labute approximate surface area is 107 Å². The van der Waals surface area contributed by atoms with Crippen molar-refractivity contribution in [3.63, 3.8) is 0 Å². The summed E-state index contributed by atoms with van der Waals surface area (Å²) in [4.78, 5) is 37.4. The number of carboxylic acids is 1. The largest absolute Gasteiger partial charge is 0.480 e. The molecule has 1 atom stereocenters. The molecule has 1 saturated heterocycles. The maximum atomic E-state index is 12.2. The molecule has 1 aliphatic rings. The zero-order chi connectivity index (χ0) is 13.7. The molecule has 1 N–H and O–H groups in total. The summed E-state index contributed by atoms with van der Waals surface area (Å²) in [5.41, 5.74) is 0. The van der Waals surface area contributed by atoms with Crippen molar-refractivity contribution in [3.05, 3.63) is 0 Å². The highest BCUT2D eigenvalue weighted by Crippen LogP contribution is 2.19. The molecular weight excluding hydrogens is 236 g/mol. The number of carbonyl (C=O) groups is 3. The van der Waals surface area contributed by atoms with Crippen LogP contribution < -0.4 is 0 Å². The maximum absolute atomic E-state index is 12.2. The summed E-state index contributed by atoms with van der Waals surface area (Å²) in [5.74, 6) is -1.65. The minimum absolute atomic E-state index is 0.0253. The van der Waals surface area contributed by atoms with Crippen LogP contribution in [0.3, 0.4) is 0 Å². The molecule has 0 aromatic rings. The van der Waals surface area contributed by atoms with Crippen LogP contribution in [0.2, 0.25) is 0 Å². The van der Waals surface area contributed by atoms with Crippen molar-refractivity contribution in [2.24, 2.45) is 5.92 Å². The van der Waals surface area contributed by atoms with Crippen molar-refractivity contribution < 1.29 is 19.5 Å². The van der Waals surface area contributed by atoms with E-state index in [1.165, 1.54) is 4.90 Å². The van der Waals surface area contributed by atoms with Crippen molar-refractivity contribution in [3.8, 4) is 0 Å². The first-order valence-electron chi connectivity index (χ1n) is 6.27. The van der Waals surface area contributed by atoms with Gasteiger partial charge in [-0.25, -0.2) is 0 Å². The van der Waals surface area contributed by atoms with Gasteiger partial charge in [-0.3, -0.25) is 14.4 Å². The molecule has 1 unspecified atom stereocenters. The minimum Gasteiger partial charge on any atom is -0.480 e. The van der Waals surface area contributed by atoms with E-state index in [9.17, 15) is 14.4 Å². The van der Waals surface area contributed by atoms with Gasteiger partial charge in [0.2, 0.25) is 11.8 Å². The number of hydrogen-bond acceptors (Lipinski definition) is 3. The number of likely N-dealkylation sites (tertiary alicyclic amines) is 1. The zero-order valence-electron chi connectivity index (χ0n) is 10.9. The normalized spacial score (nSPS) is 19.1. The number of nitrogens with zero attached hydrogens (tertiary/aromatic N) is 2. The highest BCUT2D eigenvalue weighted by molar-refractivity contribution is 5.90. The Bertz CT molecular complexity index is 343. The SMILES string of the molecule is CCCN(CC(=O)O)C(=O)C1CC(=O)N(CC)C1. The molecule has 0 saturated carbocycles. The van der Waals surface area contributed by atoms with E-state index in [0.717, 1.165) is 0 Å². The smallest absolute Gasteiger partial charge is 0.323 e. The van der Waals surface area contributed by atoms with Gasteiger partial charge in [-0.1, -0.05) is 6.92 Å². The lowest BCUT2D eigenvalue weighted by Gasteiger charge is -2.23. The van der Waals surface area contributed by atoms with Crippen LogP contribution in [0.25, 0.3) is 0 Å². The topological polar surface area (TPSA) is 77.9 Å². The van der Waals surface area contributed by atoms with Gasteiger partial charge in [-0.2, -0.15) is 0 Å². The molecule has 102 valence electrons. The summed E-state index contributed by atoms with van der Waals surface area (Å²) in [6, 6.07) is 0. The van der Waals surface area contributed by atoms with Crippen molar-refractivity contribution >= 4 is 17.8 Å². The Morgan fingerprint density at radius 3 is 2.56 bits per heavy atom. The lowest BCUT2D eigenvalue weighted by atomic mass is 10.1. The van der Waals surface area contributed by atoms with E-state index in [4.69, 9.17) is 5.11 Å². The Morgan fingerprint density at radius 1 is 1.44 bits per heavy atom. The molecule has 6 nitrogen and oxygen atoms in total. The molecule has 2 amide bonds. The van der Waals surface area contributed by atoms with E-state index in [2.05, 4.69) is 0 Å². The summed E-state index contributed by atoms with van der Waals surface area (Å²) < 4.78 is 0. The van der Waals surface area contributed by atoms with Gasteiger partial charge in [0, 0.05) is 26.1 Å². The van der Waals surface area contributed by atoms with Crippen LogP contribution in [0.15, 0.2) is 0 Å². The number of rotatable bonds is 6. The van der Waals surface area contributed by atoms with Crippen LogP contribution in [0.1, 0.15) is 26.7 Å². The fourth-order valence-corrected chi connectivity index (χ4v) is 2.20. The van der Waals surface area contributed by atoms with Gasteiger partial charge in [0.05, 0.1) is 5.92 Å². The Morgan fingerprint density at radius 2 is 2.11 bits per heavy atom. The van der Waals surface area contributed by atoms with Crippen LogP contribution in [0.5, 0.6) is 0 Å². The molecule has 0 radical (unpaired) electrons. The van der Waals surface area contributed by atoms with E-state index in [1.807, 2.05) is 13.8 Å². The molecule has 1 heterocycles. The predicted molar refractivity (Wildman–Crippen MR) is 64.9 cm³/mol. The number of carboxylic acid groups (broad SMARTS) is 1. The average Bonchev–Trinajstić information content (AvgIpc) is 2.68. The summed E-state index contributed by atoms with van der Waals surface area (Å²) in [6.45, 7) is 4.89. The van der Waals surface area contributed by atoms with E-state index in [0.29, 0.717) is 26.1 Å². The third kappa shape index (κ3) is 3.45. The number of aliphatic carboxylic acids is 1. The third-order valence-corrected chi connectivity index (χ3v) is 3.08. The summed E-state index contributed by atoms with van der Waals surface area (Å²) in [7, 11) is 0. The molecule has 1 rings (SSSR count). The predicted octanol–water partition coefficient (Wildman–Crippen LogP) is 0.178. The second-order valence-electron chi connectivity index (χ2n) is 4.49. The van der Waals surface area contributed by atoms with Crippen molar-refractivity contribution in [1.29, 1.82) is 0 Å². The summed E-state index contributed by atoms with van der Waals surface area (Å²) in [5, 5.41) is 8.78. The van der Waals surface area contributed by atoms with E-state index >= 15 is 0 Å².